The molecule has 0 aliphatic carbocycles. The third-order valence-corrected chi connectivity index (χ3v) is 6.51. The summed E-state index contributed by atoms with van der Waals surface area (Å²) >= 11 is 0. The van der Waals surface area contributed by atoms with E-state index in [1.165, 1.54) is 40.7 Å². The largest absolute Gasteiger partial charge is 0.348 e. The number of carbonyl (C=O) groups excluding carboxylic acids is 1. The van der Waals surface area contributed by atoms with Crippen LogP contribution in [0.1, 0.15) is 22.8 Å². The van der Waals surface area contributed by atoms with E-state index < -0.39 is 20.9 Å². The molecule has 3 aromatic carbocycles. The lowest BCUT2D eigenvalue weighted by atomic mass is 10.2. The number of sulfonamides is 1. The number of nitro benzene ring substituents is 1. The van der Waals surface area contributed by atoms with Gasteiger partial charge in [0.15, 0.2) is 0 Å². The van der Waals surface area contributed by atoms with Crippen molar-refractivity contribution in [3.05, 3.63) is 100 Å². The number of rotatable bonds is 8. The number of hydrogen-bond donors (Lipinski definition) is 1. The quantitative estimate of drug-likeness (QED) is 0.425. The molecule has 3 rings (SSSR count). The maximum absolute atomic E-state index is 13.1. The summed E-state index contributed by atoms with van der Waals surface area (Å²) in [7, 11) is -3.85. The third kappa shape index (κ3) is 5.07. The predicted molar refractivity (Wildman–Crippen MR) is 117 cm³/mol. The van der Waals surface area contributed by atoms with Crippen molar-refractivity contribution in [2.24, 2.45) is 0 Å². The maximum atomic E-state index is 13.1. The highest BCUT2D eigenvalue weighted by atomic mass is 32.2. The molecular weight excluding hydrogens is 418 g/mol. The predicted octanol–water partition coefficient (Wildman–Crippen LogP) is 3.74. The van der Waals surface area contributed by atoms with Crippen LogP contribution in [0.25, 0.3) is 0 Å². The van der Waals surface area contributed by atoms with E-state index in [1.54, 1.807) is 49.4 Å². The summed E-state index contributed by atoms with van der Waals surface area (Å²) in [5, 5.41) is 13.4. The summed E-state index contributed by atoms with van der Waals surface area (Å²) < 4.78 is 27.6. The van der Waals surface area contributed by atoms with Crippen molar-refractivity contribution in [1.82, 2.24) is 5.32 Å². The van der Waals surface area contributed by atoms with Gasteiger partial charge in [0, 0.05) is 30.8 Å². The molecule has 0 unspecified atom stereocenters. The zero-order valence-electron chi connectivity index (χ0n) is 16.8. The Morgan fingerprint density at radius 2 is 1.68 bits per heavy atom. The smallest absolute Gasteiger partial charge is 0.269 e. The van der Waals surface area contributed by atoms with Gasteiger partial charge in [-0.3, -0.25) is 19.2 Å². The van der Waals surface area contributed by atoms with E-state index >= 15 is 0 Å². The van der Waals surface area contributed by atoms with Gasteiger partial charge in [0.25, 0.3) is 21.6 Å². The van der Waals surface area contributed by atoms with Crippen LogP contribution in [0, 0.1) is 10.1 Å². The van der Waals surface area contributed by atoms with Crippen molar-refractivity contribution in [2.75, 3.05) is 10.8 Å². The number of nitrogens with one attached hydrogen (secondary N) is 1. The molecule has 0 spiro atoms. The van der Waals surface area contributed by atoms with Gasteiger partial charge in [-0.25, -0.2) is 8.42 Å². The number of para-hydroxylation sites is 1. The molecule has 1 amide bonds. The van der Waals surface area contributed by atoms with Crippen molar-refractivity contribution in [2.45, 2.75) is 18.4 Å². The summed E-state index contributed by atoms with van der Waals surface area (Å²) in [6.07, 6.45) is 0. The molecule has 0 bridgehead atoms. The standard InChI is InChI=1S/C22H21N3O5S/c1-2-24(19-8-4-3-5-9-19)31(29,30)21-10-6-7-18(15-21)22(26)23-16-17-11-13-20(14-12-17)25(27)28/h3-15H,2,16H2,1H3,(H,23,26). The van der Waals surface area contributed by atoms with Crippen LogP contribution in [0.3, 0.4) is 0 Å². The number of hydrogen-bond acceptors (Lipinski definition) is 5. The van der Waals surface area contributed by atoms with Crippen molar-refractivity contribution in [1.29, 1.82) is 0 Å². The van der Waals surface area contributed by atoms with Crippen molar-refractivity contribution >= 4 is 27.3 Å². The van der Waals surface area contributed by atoms with E-state index in [0.717, 1.165) is 0 Å². The molecule has 3 aromatic rings. The molecular formula is C22H21N3O5S. The molecule has 8 nitrogen and oxygen atoms in total. The summed E-state index contributed by atoms with van der Waals surface area (Å²) in [6.45, 7) is 2.13. The molecule has 0 radical (unpaired) electrons. The summed E-state index contributed by atoms with van der Waals surface area (Å²) in [5.41, 5.74) is 1.39. The first kappa shape index (κ1) is 22.0. The van der Waals surface area contributed by atoms with Gasteiger partial charge in [-0.05, 0) is 42.8 Å². The summed E-state index contributed by atoms with van der Waals surface area (Å²) in [6, 6.07) is 20.4. The molecule has 0 fully saturated rings. The van der Waals surface area contributed by atoms with Gasteiger partial charge in [0.1, 0.15) is 0 Å². The number of nitrogens with zero attached hydrogens (tertiary/aromatic N) is 2. The van der Waals surface area contributed by atoms with Crippen LogP contribution in [0.5, 0.6) is 0 Å². The Balaban J connectivity index is 1.77. The minimum Gasteiger partial charge on any atom is -0.348 e. The molecule has 0 saturated carbocycles. The number of nitro groups is 1. The lowest BCUT2D eigenvalue weighted by Crippen LogP contribution is -2.31. The number of non-ortho nitro benzene ring substituents is 1. The molecule has 1 N–H and O–H groups in total. The van der Waals surface area contributed by atoms with Gasteiger partial charge < -0.3 is 5.32 Å². The van der Waals surface area contributed by atoms with E-state index in [9.17, 15) is 23.3 Å². The van der Waals surface area contributed by atoms with Gasteiger partial charge in [-0.1, -0.05) is 36.4 Å². The van der Waals surface area contributed by atoms with Crippen molar-refractivity contribution in [3.8, 4) is 0 Å². The van der Waals surface area contributed by atoms with Crippen LogP contribution < -0.4 is 9.62 Å². The first-order valence-electron chi connectivity index (χ1n) is 9.52. The monoisotopic (exact) mass is 439 g/mol. The maximum Gasteiger partial charge on any atom is 0.269 e. The lowest BCUT2D eigenvalue weighted by molar-refractivity contribution is -0.384. The Morgan fingerprint density at radius 3 is 2.29 bits per heavy atom. The van der Waals surface area contributed by atoms with E-state index in [0.29, 0.717) is 11.3 Å². The van der Waals surface area contributed by atoms with Crippen molar-refractivity contribution < 1.29 is 18.1 Å². The Hall–Kier alpha value is -3.72. The fourth-order valence-electron chi connectivity index (χ4n) is 3.03. The van der Waals surface area contributed by atoms with E-state index in [2.05, 4.69) is 5.32 Å². The van der Waals surface area contributed by atoms with Crippen LogP contribution >= 0.6 is 0 Å². The molecule has 0 aliphatic heterocycles. The van der Waals surface area contributed by atoms with E-state index in [4.69, 9.17) is 0 Å². The Kier molecular flexibility index (Phi) is 6.66. The molecule has 0 aliphatic rings. The summed E-state index contributed by atoms with van der Waals surface area (Å²) in [5.74, 6) is -0.446. The Bertz CT molecular complexity index is 1180. The number of carbonyl (C=O) groups is 1. The zero-order valence-corrected chi connectivity index (χ0v) is 17.6. The molecule has 31 heavy (non-hydrogen) atoms. The minimum absolute atomic E-state index is 0.0150. The third-order valence-electron chi connectivity index (χ3n) is 4.62. The highest BCUT2D eigenvalue weighted by molar-refractivity contribution is 7.92. The summed E-state index contributed by atoms with van der Waals surface area (Å²) in [4.78, 5) is 22.8. The molecule has 9 heteroatoms. The van der Waals surface area contributed by atoms with Gasteiger partial charge in [-0.2, -0.15) is 0 Å². The minimum atomic E-state index is -3.85. The van der Waals surface area contributed by atoms with Gasteiger partial charge in [-0.15, -0.1) is 0 Å². The fourth-order valence-corrected chi connectivity index (χ4v) is 4.55. The Morgan fingerprint density at radius 1 is 1.00 bits per heavy atom. The first-order chi connectivity index (χ1) is 14.8. The van der Waals surface area contributed by atoms with Crippen molar-refractivity contribution in [3.63, 3.8) is 0 Å². The lowest BCUT2D eigenvalue weighted by Gasteiger charge is -2.23. The van der Waals surface area contributed by atoms with Crippen LogP contribution in [0.2, 0.25) is 0 Å². The molecule has 0 aromatic heterocycles. The number of amides is 1. The van der Waals surface area contributed by atoms with Gasteiger partial charge >= 0.3 is 0 Å². The second-order valence-electron chi connectivity index (χ2n) is 6.64. The van der Waals surface area contributed by atoms with E-state index in [1.807, 2.05) is 0 Å². The number of benzene rings is 3. The molecule has 160 valence electrons. The molecule has 0 heterocycles. The number of anilines is 1. The average Bonchev–Trinajstić information content (AvgIpc) is 2.79. The SMILES string of the molecule is CCN(c1ccccc1)S(=O)(=O)c1cccc(C(=O)NCc2ccc([N+](=O)[O-])cc2)c1. The van der Waals surface area contributed by atoms with Crippen LogP contribution in [0.4, 0.5) is 11.4 Å². The van der Waals surface area contributed by atoms with Gasteiger partial charge in [0.05, 0.1) is 15.5 Å². The second-order valence-corrected chi connectivity index (χ2v) is 8.50. The van der Waals surface area contributed by atoms with Gasteiger partial charge in [0.2, 0.25) is 0 Å². The normalized spacial score (nSPS) is 11.0. The van der Waals surface area contributed by atoms with E-state index in [-0.39, 0.29) is 29.2 Å². The molecule has 0 atom stereocenters. The second kappa shape index (κ2) is 9.40. The van der Waals surface area contributed by atoms with Crippen LogP contribution in [0.15, 0.2) is 83.8 Å². The zero-order chi connectivity index (χ0) is 22.4. The molecule has 0 saturated heterocycles. The first-order valence-corrected chi connectivity index (χ1v) is 11.0. The van der Waals surface area contributed by atoms with Crippen LogP contribution in [-0.2, 0) is 16.6 Å². The highest BCUT2D eigenvalue weighted by Crippen LogP contribution is 2.24. The highest BCUT2D eigenvalue weighted by Gasteiger charge is 2.24. The van der Waals surface area contributed by atoms with Crippen LogP contribution in [-0.4, -0.2) is 25.8 Å². The topological polar surface area (TPSA) is 110 Å². The Labute approximate surface area is 180 Å². The fraction of sp³-hybridized carbons (Fsp3) is 0.136. The average molecular weight is 439 g/mol.